The van der Waals surface area contributed by atoms with E-state index in [0.29, 0.717) is 51.9 Å². The van der Waals surface area contributed by atoms with Crippen LogP contribution in [0.15, 0.2) is 79.1 Å². The standard InChI is InChI=1S/C37H37Cl2N3O7/c1-47-32-12-11-24(17-33(32)48-2)28(18-29-30(38)20-41(46)21-31(29)39)35-25(7-6-10-27(35)36(43)44)19-42(26-8-4-3-5-9-26)37(45)49-34-22-40-15-13-23(34)14-16-40/h3-12,17,20-21,23,28,34H,13-16,18-19,22H2,1-2H3,(H-,43,44,46)/p+1/t28?,34-/m0/s1. The number of methoxy groups -OCH3 is 2. The van der Waals surface area contributed by atoms with E-state index in [1.165, 1.54) is 26.6 Å². The Labute approximate surface area is 294 Å². The second kappa shape index (κ2) is 14.9. The number of nitrogens with zero attached hydrogens (tertiary/aromatic N) is 3. The monoisotopic (exact) mass is 706 g/mol. The molecule has 3 aliphatic heterocycles. The molecule has 1 amide bonds. The molecule has 3 saturated heterocycles. The molecule has 256 valence electrons. The number of pyridine rings is 1. The average molecular weight is 708 g/mol. The van der Waals surface area contributed by atoms with E-state index in [4.69, 9.17) is 37.4 Å². The van der Waals surface area contributed by atoms with Crippen LogP contribution in [0.5, 0.6) is 11.5 Å². The van der Waals surface area contributed by atoms with Crippen molar-refractivity contribution in [2.45, 2.75) is 37.8 Å². The molecule has 10 nitrogen and oxygen atoms in total. The first-order valence-electron chi connectivity index (χ1n) is 16.1. The SMILES string of the molecule is COc1ccc(C(Cc2c(Cl)c[n+](O)cc2Cl)c2c(CN(C(=O)O[C@H]3CN4CCC3CC4)c3ccccc3)cccc2C(=O)O)cc1OC. The fraction of sp³-hybridized carbons (Fsp3) is 0.324. The van der Waals surface area contributed by atoms with Gasteiger partial charge in [0, 0.05) is 28.4 Å². The molecule has 3 fully saturated rings. The number of carbonyl (C=O) groups excluding carboxylic acids is 1. The van der Waals surface area contributed by atoms with Crippen molar-refractivity contribution < 1.29 is 38.8 Å². The Kier molecular flexibility index (Phi) is 10.5. The molecular weight excluding hydrogens is 669 g/mol. The highest BCUT2D eigenvalue weighted by molar-refractivity contribution is 6.35. The Balaban J connectivity index is 1.48. The lowest BCUT2D eigenvalue weighted by molar-refractivity contribution is -0.904. The van der Waals surface area contributed by atoms with E-state index in [-0.39, 0.29) is 34.7 Å². The highest BCUT2D eigenvalue weighted by Gasteiger charge is 2.38. The minimum atomic E-state index is -1.14. The second-order valence-corrected chi connectivity index (χ2v) is 13.2. The van der Waals surface area contributed by atoms with Crippen LogP contribution in [0.25, 0.3) is 0 Å². The summed E-state index contributed by atoms with van der Waals surface area (Å²) >= 11 is 13.3. The third kappa shape index (κ3) is 7.41. The largest absolute Gasteiger partial charge is 0.493 e. The third-order valence-corrected chi connectivity index (χ3v) is 10.2. The van der Waals surface area contributed by atoms with E-state index < -0.39 is 18.0 Å². The van der Waals surface area contributed by atoms with Crippen molar-refractivity contribution in [1.29, 1.82) is 0 Å². The quantitative estimate of drug-likeness (QED) is 0.129. The molecule has 4 heterocycles. The van der Waals surface area contributed by atoms with Gasteiger partial charge in [-0.1, -0.05) is 59.6 Å². The van der Waals surface area contributed by atoms with Crippen LogP contribution in [0.4, 0.5) is 10.5 Å². The number of aromatic carboxylic acids is 1. The maximum absolute atomic E-state index is 14.1. The molecular formula is C37H38Cl2N3O7+. The van der Waals surface area contributed by atoms with Gasteiger partial charge in [0.15, 0.2) is 11.5 Å². The van der Waals surface area contributed by atoms with Gasteiger partial charge in [0.1, 0.15) is 16.1 Å². The van der Waals surface area contributed by atoms with Crippen molar-refractivity contribution in [3.05, 3.63) is 117 Å². The van der Waals surface area contributed by atoms with Gasteiger partial charge in [0.05, 0.1) is 26.3 Å². The molecule has 0 radical (unpaired) electrons. The number of hydrogen-bond acceptors (Lipinski definition) is 7. The zero-order chi connectivity index (χ0) is 34.7. The first-order valence-corrected chi connectivity index (χ1v) is 16.8. The maximum atomic E-state index is 14.1. The van der Waals surface area contributed by atoms with Crippen molar-refractivity contribution in [3.63, 3.8) is 0 Å². The molecule has 1 aromatic heterocycles. The second-order valence-electron chi connectivity index (χ2n) is 12.3. The molecule has 2 bridgehead atoms. The number of benzene rings is 3. The van der Waals surface area contributed by atoms with E-state index in [2.05, 4.69) is 4.90 Å². The molecule has 7 rings (SSSR count). The van der Waals surface area contributed by atoms with Crippen LogP contribution in [-0.2, 0) is 17.7 Å². The normalized spacial score (nSPS) is 18.8. The van der Waals surface area contributed by atoms with Gasteiger partial charge in [-0.15, -0.1) is 0 Å². The Morgan fingerprint density at radius 3 is 2.27 bits per heavy atom. The summed E-state index contributed by atoms with van der Waals surface area (Å²) in [6, 6.07) is 19.6. The zero-order valence-electron chi connectivity index (χ0n) is 27.2. The van der Waals surface area contributed by atoms with Crippen LogP contribution >= 0.6 is 23.2 Å². The molecule has 2 N–H and O–H groups in total. The summed E-state index contributed by atoms with van der Waals surface area (Å²) in [5.41, 5.74) is 2.92. The molecule has 4 aromatic rings. The summed E-state index contributed by atoms with van der Waals surface area (Å²) in [5, 5.41) is 21.0. The van der Waals surface area contributed by atoms with Crippen LogP contribution in [-0.4, -0.2) is 67.2 Å². The average Bonchev–Trinajstić information content (AvgIpc) is 3.11. The lowest BCUT2D eigenvalue weighted by atomic mass is 9.80. The number of fused-ring (bicyclic) bond motifs is 3. The molecule has 0 saturated carbocycles. The number of piperidine rings is 3. The van der Waals surface area contributed by atoms with Gasteiger partial charge in [-0.05, 0) is 85.3 Å². The minimum absolute atomic E-state index is 0.0249. The van der Waals surface area contributed by atoms with Crippen molar-refractivity contribution >= 4 is 41.0 Å². The number of anilines is 1. The fourth-order valence-corrected chi connectivity index (χ4v) is 7.63. The molecule has 3 aliphatic rings. The number of carboxylic acids is 1. The fourth-order valence-electron chi connectivity index (χ4n) is 7.02. The number of rotatable bonds is 11. The number of halogens is 2. The van der Waals surface area contributed by atoms with Gasteiger partial charge in [-0.2, -0.15) is 0 Å². The Morgan fingerprint density at radius 1 is 0.959 bits per heavy atom. The first-order chi connectivity index (χ1) is 23.7. The van der Waals surface area contributed by atoms with E-state index in [9.17, 15) is 19.9 Å². The topological polar surface area (TPSA) is 113 Å². The smallest absolute Gasteiger partial charge is 0.414 e. The van der Waals surface area contributed by atoms with Crippen LogP contribution in [0.1, 0.15) is 51.4 Å². The number of aromatic nitrogens is 1. The minimum Gasteiger partial charge on any atom is -0.493 e. The van der Waals surface area contributed by atoms with E-state index in [1.807, 2.05) is 42.5 Å². The highest BCUT2D eigenvalue weighted by Crippen LogP contribution is 2.41. The van der Waals surface area contributed by atoms with E-state index >= 15 is 0 Å². The van der Waals surface area contributed by atoms with Gasteiger partial charge in [-0.25, -0.2) is 9.59 Å². The van der Waals surface area contributed by atoms with Gasteiger partial charge in [0.25, 0.3) is 0 Å². The van der Waals surface area contributed by atoms with Crippen molar-refractivity contribution in [2.75, 3.05) is 38.8 Å². The molecule has 2 atom stereocenters. The summed E-state index contributed by atoms with van der Waals surface area (Å²) in [5.74, 6) is -0.529. The van der Waals surface area contributed by atoms with E-state index in [1.54, 1.807) is 29.2 Å². The van der Waals surface area contributed by atoms with Gasteiger partial charge in [0.2, 0.25) is 12.4 Å². The van der Waals surface area contributed by atoms with Crippen LogP contribution in [0.3, 0.4) is 0 Å². The van der Waals surface area contributed by atoms with Gasteiger partial charge in [-0.3, -0.25) is 15.0 Å². The predicted molar refractivity (Wildman–Crippen MR) is 184 cm³/mol. The van der Waals surface area contributed by atoms with Crippen molar-refractivity contribution in [2.24, 2.45) is 5.92 Å². The Bertz CT molecular complexity index is 1810. The molecule has 0 spiro atoms. The summed E-state index contributed by atoms with van der Waals surface area (Å²) < 4.78 is 18.1. The van der Waals surface area contributed by atoms with E-state index in [0.717, 1.165) is 30.7 Å². The third-order valence-electron chi connectivity index (χ3n) is 9.53. The Hall–Kier alpha value is -4.51. The molecule has 12 heteroatoms. The maximum Gasteiger partial charge on any atom is 0.414 e. The number of para-hydroxylation sites is 1. The van der Waals surface area contributed by atoms with Crippen LogP contribution < -0.4 is 19.1 Å². The molecule has 1 unspecified atom stereocenters. The lowest BCUT2D eigenvalue weighted by Gasteiger charge is -2.44. The van der Waals surface area contributed by atoms with Crippen molar-refractivity contribution in [3.8, 4) is 11.5 Å². The van der Waals surface area contributed by atoms with Gasteiger partial charge < -0.3 is 19.3 Å². The van der Waals surface area contributed by atoms with Crippen LogP contribution in [0, 0.1) is 5.92 Å². The number of amides is 1. The van der Waals surface area contributed by atoms with Gasteiger partial charge >= 0.3 is 12.1 Å². The number of carbonyl (C=O) groups is 2. The molecule has 49 heavy (non-hydrogen) atoms. The molecule has 3 aromatic carbocycles. The summed E-state index contributed by atoms with van der Waals surface area (Å²) in [7, 11) is 3.06. The number of hydrogen-bond donors (Lipinski definition) is 2. The highest BCUT2D eigenvalue weighted by atomic mass is 35.5. The van der Waals surface area contributed by atoms with Crippen LogP contribution in [0.2, 0.25) is 10.0 Å². The zero-order valence-corrected chi connectivity index (χ0v) is 28.7. The summed E-state index contributed by atoms with van der Waals surface area (Å²) in [6.07, 6.45) is 4.05. The Morgan fingerprint density at radius 2 is 1.65 bits per heavy atom. The summed E-state index contributed by atoms with van der Waals surface area (Å²) in [4.78, 5) is 30.9. The summed E-state index contributed by atoms with van der Waals surface area (Å²) in [6.45, 7) is 2.75. The molecule has 0 aliphatic carbocycles. The van der Waals surface area contributed by atoms with Crippen molar-refractivity contribution in [1.82, 2.24) is 4.90 Å². The number of carboxylic acid groups (broad SMARTS) is 1. The first kappa shape index (κ1) is 34.4. The predicted octanol–water partition coefficient (Wildman–Crippen LogP) is 6.85. The number of ether oxygens (including phenoxy) is 3. The lowest BCUT2D eigenvalue weighted by Crippen LogP contribution is -2.53.